The summed E-state index contributed by atoms with van der Waals surface area (Å²) >= 11 is 5.46. The summed E-state index contributed by atoms with van der Waals surface area (Å²) in [6.07, 6.45) is -6.15. The van der Waals surface area contributed by atoms with Crippen molar-refractivity contribution in [2.75, 3.05) is 0 Å². The van der Waals surface area contributed by atoms with Gasteiger partial charge >= 0.3 is 12.4 Å². The zero-order valence-corrected chi connectivity index (χ0v) is 13.2. The summed E-state index contributed by atoms with van der Waals surface area (Å²) in [6.45, 7) is 7.07. The van der Waals surface area contributed by atoms with E-state index in [1.807, 2.05) is 6.42 Å². The standard InChI is InChI=1S/C7H10Cl.C5H2F6O2.Pd/c1-3-4-5-6-7(2)8;6-4(7,8)2(12)1-3(13)5(9,10)11;/h3-4H,1-2,5-6H2;1,12H;/b;2-1-;. The van der Waals surface area contributed by atoms with E-state index in [0.29, 0.717) is 5.03 Å². The summed E-state index contributed by atoms with van der Waals surface area (Å²) in [5, 5.41) is 8.65. The molecule has 0 aliphatic rings. The zero-order chi connectivity index (χ0) is 17.3. The Balaban J connectivity index is -0.000000348. The van der Waals surface area contributed by atoms with E-state index in [1.165, 1.54) is 0 Å². The van der Waals surface area contributed by atoms with Crippen LogP contribution in [0.15, 0.2) is 23.4 Å². The number of ketones is 1. The third kappa shape index (κ3) is 15.9. The molecule has 0 aromatic rings. The Hall–Kier alpha value is -0.518. The van der Waals surface area contributed by atoms with Gasteiger partial charge in [-0.25, -0.2) is 0 Å². The fourth-order valence-corrected chi connectivity index (χ4v) is 0.755. The Bertz CT molecular complexity index is 377. The van der Waals surface area contributed by atoms with E-state index in [4.69, 9.17) is 16.7 Å². The quantitative estimate of drug-likeness (QED) is 0.216. The number of aliphatic hydroxyl groups excluding tert-OH is 1. The van der Waals surface area contributed by atoms with Crippen molar-refractivity contribution in [1.29, 1.82) is 0 Å². The zero-order valence-electron chi connectivity index (χ0n) is 10.9. The summed E-state index contributed by atoms with van der Waals surface area (Å²) < 4.78 is 68.1. The minimum atomic E-state index is -5.42. The van der Waals surface area contributed by atoms with Crippen LogP contribution in [-0.2, 0) is 25.2 Å². The van der Waals surface area contributed by atoms with E-state index in [1.54, 1.807) is 6.42 Å². The molecule has 3 radical (unpaired) electrons. The maximum absolute atomic E-state index is 11.4. The van der Waals surface area contributed by atoms with Crippen LogP contribution in [0.5, 0.6) is 0 Å². The average molecular weight is 444 g/mol. The Morgan fingerprint density at radius 2 is 1.59 bits per heavy atom. The normalized spacial score (nSPS) is 11.9. The minimum absolute atomic E-state index is 0. The Labute approximate surface area is 142 Å². The molecule has 0 rings (SSSR count). The third-order valence-corrected chi connectivity index (χ3v) is 1.78. The minimum Gasteiger partial charge on any atom is -0.504 e. The monoisotopic (exact) mass is 443 g/mol. The summed E-state index contributed by atoms with van der Waals surface area (Å²) in [4.78, 5) is 9.86. The van der Waals surface area contributed by atoms with Crippen LogP contribution in [0.3, 0.4) is 0 Å². The maximum Gasteiger partial charge on any atom is 0.454 e. The van der Waals surface area contributed by atoms with Crippen LogP contribution in [-0.4, -0.2) is 23.2 Å². The number of allylic oxidation sites excluding steroid dienone is 3. The first kappa shape index (κ1) is 26.4. The summed E-state index contributed by atoms with van der Waals surface area (Å²) in [7, 11) is 0. The van der Waals surface area contributed by atoms with Gasteiger partial charge in [-0.05, 0) is 32.6 Å². The van der Waals surface area contributed by atoms with Gasteiger partial charge in [0.15, 0.2) is 0 Å². The molecule has 0 aromatic carbocycles. The number of carbonyl (C=O) groups is 1. The van der Waals surface area contributed by atoms with E-state index in [2.05, 4.69) is 13.5 Å². The molecule has 0 aliphatic carbocycles. The van der Waals surface area contributed by atoms with Crippen LogP contribution in [0.2, 0.25) is 0 Å². The summed E-state index contributed by atoms with van der Waals surface area (Å²) in [6, 6.07) is 0. The summed E-state index contributed by atoms with van der Waals surface area (Å²) in [5.41, 5.74) is 0. The Morgan fingerprint density at radius 1 is 1.14 bits per heavy atom. The van der Waals surface area contributed by atoms with Gasteiger partial charge in [0, 0.05) is 31.5 Å². The van der Waals surface area contributed by atoms with Crippen LogP contribution in [0, 0.1) is 19.8 Å². The number of rotatable bonds is 5. The topological polar surface area (TPSA) is 37.3 Å². The van der Waals surface area contributed by atoms with Crippen LogP contribution >= 0.6 is 11.6 Å². The smallest absolute Gasteiger partial charge is 0.454 e. The van der Waals surface area contributed by atoms with Crippen molar-refractivity contribution in [2.45, 2.75) is 25.2 Å². The van der Waals surface area contributed by atoms with Crippen LogP contribution in [0.4, 0.5) is 26.3 Å². The Kier molecular flexibility index (Phi) is 14.4. The van der Waals surface area contributed by atoms with E-state index < -0.39 is 30.0 Å². The fraction of sp³-hybridized carbons (Fsp3) is 0.333. The predicted octanol–water partition coefficient (Wildman–Crippen LogP) is 4.88. The molecule has 22 heavy (non-hydrogen) atoms. The number of hydrogen-bond donors (Lipinski definition) is 1. The first-order valence-corrected chi connectivity index (χ1v) is 5.56. The molecule has 2 nitrogen and oxygen atoms in total. The molecule has 0 heterocycles. The molecule has 0 amide bonds. The molecule has 0 saturated carbocycles. The largest absolute Gasteiger partial charge is 0.504 e. The van der Waals surface area contributed by atoms with Crippen molar-refractivity contribution in [2.24, 2.45) is 0 Å². The Morgan fingerprint density at radius 3 is 1.86 bits per heavy atom. The number of carbonyl (C=O) groups excluding carboxylic acids is 1. The number of alkyl halides is 6. The van der Waals surface area contributed by atoms with Gasteiger partial charge < -0.3 is 5.11 Å². The first-order chi connectivity index (χ1) is 9.32. The molecule has 0 fully saturated rings. The molecule has 0 unspecified atom stereocenters. The van der Waals surface area contributed by atoms with Gasteiger partial charge in [0.2, 0.25) is 5.76 Å². The SMILES string of the molecule is O=C(/C=C(\O)C(F)(F)F)C(F)(F)F.[CH2][CH][CH]CCC(=C)Cl.[Pd]. The van der Waals surface area contributed by atoms with Crippen molar-refractivity contribution in [1.82, 2.24) is 0 Å². The van der Waals surface area contributed by atoms with Gasteiger partial charge in [0.05, 0.1) is 0 Å². The number of aliphatic hydroxyl groups is 1. The second-order valence-corrected chi connectivity index (χ2v) is 3.95. The molecular weight excluding hydrogens is 432 g/mol. The van der Waals surface area contributed by atoms with Gasteiger partial charge in [-0.15, -0.1) is 0 Å². The van der Waals surface area contributed by atoms with Crippen molar-refractivity contribution >= 4 is 17.4 Å². The molecule has 0 saturated heterocycles. The molecular formula is C12H12ClF6O2Pd. The fourth-order valence-electron chi connectivity index (χ4n) is 0.646. The third-order valence-electron chi connectivity index (χ3n) is 1.59. The van der Waals surface area contributed by atoms with Gasteiger partial charge in [-0.1, -0.05) is 18.2 Å². The molecule has 0 spiro atoms. The second-order valence-electron chi connectivity index (χ2n) is 3.42. The van der Waals surface area contributed by atoms with E-state index in [9.17, 15) is 31.1 Å². The van der Waals surface area contributed by atoms with Gasteiger partial charge in [0.1, 0.15) is 0 Å². The molecule has 0 bridgehead atoms. The van der Waals surface area contributed by atoms with Gasteiger partial charge in [-0.3, -0.25) is 4.79 Å². The summed E-state index contributed by atoms with van der Waals surface area (Å²) in [5.74, 6) is -5.34. The molecule has 1 N–H and O–H groups in total. The molecule has 131 valence electrons. The van der Waals surface area contributed by atoms with E-state index in [-0.39, 0.29) is 20.4 Å². The van der Waals surface area contributed by atoms with Crippen LogP contribution in [0.25, 0.3) is 0 Å². The first-order valence-electron chi connectivity index (χ1n) is 5.18. The maximum atomic E-state index is 11.4. The number of unbranched alkanes of at least 4 members (excludes halogenated alkanes) is 2. The van der Waals surface area contributed by atoms with Crippen molar-refractivity contribution in [3.8, 4) is 0 Å². The molecule has 10 heteroatoms. The molecule has 0 aliphatic heterocycles. The second kappa shape index (κ2) is 12.0. The molecule has 0 atom stereocenters. The predicted molar refractivity (Wildman–Crippen MR) is 66.0 cm³/mol. The number of hydrogen-bond acceptors (Lipinski definition) is 2. The molecule has 0 aromatic heterocycles. The van der Waals surface area contributed by atoms with Crippen molar-refractivity contribution in [3.05, 3.63) is 43.2 Å². The van der Waals surface area contributed by atoms with Crippen molar-refractivity contribution < 1.29 is 56.7 Å². The van der Waals surface area contributed by atoms with Crippen molar-refractivity contribution in [3.63, 3.8) is 0 Å². The van der Waals surface area contributed by atoms with E-state index in [0.717, 1.165) is 12.8 Å². The van der Waals surface area contributed by atoms with E-state index >= 15 is 0 Å². The average Bonchev–Trinajstić information content (AvgIpc) is 2.27. The van der Waals surface area contributed by atoms with Gasteiger partial charge in [0.25, 0.3) is 5.78 Å². The van der Waals surface area contributed by atoms with Gasteiger partial charge in [-0.2, -0.15) is 26.3 Å². The number of halogens is 7. The van der Waals surface area contributed by atoms with Crippen LogP contribution < -0.4 is 0 Å². The van der Waals surface area contributed by atoms with Crippen LogP contribution in [0.1, 0.15) is 12.8 Å².